The molecule has 0 aliphatic carbocycles. The predicted octanol–water partition coefficient (Wildman–Crippen LogP) is 2.55. The first-order chi connectivity index (χ1) is 8.20. The monoisotopic (exact) mass is 233 g/mol. The van der Waals surface area contributed by atoms with Gasteiger partial charge in [-0.15, -0.1) is 0 Å². The Bertz CT molecular complexity index is 514. The number of nitrogens with two attached hydrogens (primary N) is 1. The molecule has 5 heteroatoms. The highest BCUT2D eigenvalue weighted by Crippen LogP contribution is 2.25. The van der Waals surface area contributed by atoms with Crippen molar-refractivity contribution >= 4 is 5.82 Å². The zero-order valence-corrected chi connectivity index (χ0v) is 9.35. The van der Waals surface area contributed by atoms with Gasteiger partial charge in [0.15, 0.2) is 0 Å². The van der Waals surface area contributed by atoms with Crippen LogP contribution in [-0.2, 0) is 6.42 Å². The highest BCUT2D eigenvalue weighted by atomic mass is 19.1. The standard InChI is InChI=1S/C12H12FN3O/c1-2-10-11(14)15-7-16-12(10)17-9-5-3-8(13)4-6-9/h3-7H,2H2,1H3,(H2,14,15,16). The van der Waals surface area contributed by atoms with Crippen LogP contribution in [0.15, 0.2) is 30.6 Å². The van der Waals surface area contributed by atoms with E-state index >= 15 is 0 Å². The second kappa shape index (κ2) is 4.78. The minimum Gasteiger partial charge on any atom is -0.439 e. The Morgan fingerprint density at radius 1 is 1.24 bits per heavy atom. The van der Waals surface area contributed by atoms with E-state index in [1.807, 2.05) is 6.92 Å². The Morgan fingerprint density at radius 3 is 2.59 bits per heavy atom. The predicted molar refractivity (Wildman–Crippen MR) is 62.3 cm³/mol. The Hall–Kier alpha value is -2.17. The van der Waals surface area contributed by atoms with Gasteiger partial charge in [0.25, 0.3) is 0 Å². The summed E-state index contributed by atoms with van der Waals surface area (Å²) in [7, 11) is 0. The average molecular weight is 233 g/mol. The highest BCUT2D eigenvalue weighted by molar-refractivity contribution is 5.45. The number of aromatic nitrogens is 2. The molecule has 1 aromatic heterocycles. The summed E-state index contributed by atoms with van der Waals surface area (Å²) in [6.07, 6.45) is 2.01. The number of benzene rings is 1. The van der Waals surface area contributed by atoms with E-state index in [1.165, 1.54) is 30.6 Å². The summed E-state index contributed by atoms with van der Waals surface area (Å²) >= 11 is 0. The maximum atomic E-state index is 12.7. The first-order valence-corrected chi connectivity index (χ1v) is 5.23. The molecule has 1 heterocycles. The lowest BCUT2D eigenvalue weighted by Crippen LogP contribution is -2.01. The maximum absolute atomic E-state index is 12.7. The van der Waals surface area contributed by atoms with Gasteiger partial charge >= 0.3 is 0 Å². The van der Waals surface area contributed by atoms with Crippen LogP contribution in [0.3, 0.4) is 0 Å². The van der Waals surface area contributed by atoms with Crippen molar-refractivity contribution in [3.8, 4) is 11.6 Å². The van der Waals surface area contributed by atoms with E-state index in [1.54, 1.807) is 0 Å². The van der Waals surface area contributed by atoms with E-state index < -0.39 is 0 Å². The molecule has 0 unspecified atom stereocenters. The zero-order valence-electron chi connectivity index (χ0n) is 9.35. The number of hydrogen-bond acceptors (Lipinski definition) is 4. The van der Waals surface area contributed by atoms with Gasteiger partial charge in [0.2, 0.25) is 5.88 Å². The third kappa shape index (κ3) is 2.50. The first kappa shape index (κ1) is 11.3. The summed E-state index contributed by atoms with van der Waals surface area (Å²) < 4.78 is 18.3. The van der Waals surface area contributed by atoms with Gasteiger partial charge in [0, 0.05) is 0 Å². The molecule has 0 amide bonds. The molecule has 2 N–H and O–H groups in total. The van der Waals surface area contributed by atoms with Gasteiger partial charge < -0.3 is 10.5 Å². The quantitative estimate of drug-likeness (QED) is 0.885. The molecule has 1 aromatic carbocycles. The van der Waals surface area contributed by atoms with Crippen LogP contribution in [0.1, 0.15) is 12.5 Å². The molecular weight excluding hydrogens is 221 g/mol. The van der Waals surface area contributed by atoms with Crippen LogP contribution >= 0.6 is 0 Å². The smallest absolute Gasteiger partial charge is 0.227 e. The maximum Gasteiger partial charge on any atom is 0.227 e. The lowest BCUT2D eigenvalue weighted by Gasteiger charge is -2.09. The van der Waals surface area contributed by atoms with Crippen molar-refractivity contribution in [1.29, 1.82) is 0 Å². The number of rotatable bonds is 3. The summed E-state index contributed by atoms with van der Waals surface area (Å²) in [5.74, 6) is 1.01. The molecule has 4 nitrogen and oxygen atoms in total. The van der Waals surface area contributed by atoms with Gasteiger partial charge in [-0.3, -0.25) is 0 Å². The minimum absolute atomic E-state index is 0.310. The molecule has 0 atom stereocenters. The van der Waals surface area contributed by atoms with Crippen LogP contribution in [0.5, 0.6) is 11.6 Å². The van der Waals surface area contributed by atoms with Crippen molar-refractivity contribution in [2.75, 3.05) is 5.73 Å². The summed E-state index contributed by atoms with van der Waals surface area (Å²) in [5, 5.41) is 0. The van der Waals surface area contributed by atoms with Gasteiger partial charge in [0.1, 0.15) is 23.7 Å². The Morgan fingerprint density at radius 2 is 1.94 bits per heavy atom. The van der Waals surface area contributed by atoms with E-state index in [0.717, 1.165) is 5.56 Å². The zero-order chi connectivity index (χ0) is 12.3. The highest BCUT2D eigenvalue weighted by Gasteiger charge is 2.09. The van der Waals surface area contributed by atoms with E-state index in [2.05, 4.69) is 9.97 Å². The van der Waals surface area contributed by atoms with Crippen LogP contribution in [0.25, 0.3) is 0 Å². The largest absolute Gasteiger partial charge is 0.439 e. The number of anilines is 1. The van der Waals surface area contributed by atoms with Gasteiger partial charge in [-0.25, -0.2) is 14.4 Å². The van der Waals surface area contributed by atoms with Crippen LogP contribution in [0.4, 0.5) is 10.2 Å². The third-order valence-corrected chi connectivity index (χ3v) is 2.32. The SMILES string of the molecule is CCc1c(N)ncnc1Oc1ccc(F)cc1. The van der Waals surface area contributed by atoms with Crippen molar-refractivity contribution in [2.24, 2.45) is 0 Å². The third-order valence-electron chi connectivity index (χ3n) is 2.32. The lowest BCUT2D eigenvalue weighted by molar-refractivity contribution is 0.454. The van der Waals surface area contributed by atoms with Gasteiger partial charge in [-0.05, 0) is 30.7 Å². The minimum atomic E-state index is -0.310. The van der Waals surface area contributed by atoms with Crippen LogP contribution in [-0.4, -0.2) is 9.97 Å². The molecule has 0 saturated carbocycles. The number of nitrogen functional groups attached to an aromatic ring is 1. The van der Waals surface area contributed by atoms with Crippen molar-refractivity contribution in [2.45, 2.75) is 13.3 Å². The Balaban J connectivity index is 2.29. The second-order valence-electron chi connectivity index (χ2n) is 3.45. The fourth-order valence-corrected chi connectivity index (χ4v) is 1.44. The van der Waals surface area contributed by atoms with Crippen molar-refractivity contribution < 1.29 is 9.13 Å². The lowest BCUT2D eigenvalue weighted by atomic mass is 10.2. The van der Waals surface area contributed by atoms with E-state index in [-0.39, 0.29) is 5.82 Å². The molecule has 0 saturated heterocycles. The molecule has 0 aliphatic heterocycles. The Labute approximate surface area is 98.3 Å². The molecule has 0 bridgehead atoms. The molecule has 17 heavy (non-hydrogen) atoms. The fourth-order valence-electron chi connectivity index (χ4n) is 1.44. The van der Waals surface area contributed by atoms with E-state index in [4.69, 9.17) is 10.5 Å². The molecule has 2 rings (SSSR count). The normalized spacial score (nSPS) is 10.2. The van der Waals surface area contributed by atoms with Crippen LogP contribution in [0.2, 0.25) is 0 Å². The topological polar surface area (TPSA) is 61.0 Å². The molecule has 0 fully saturated rings. The van der Waals surface area contributed by atoms with Crippen LogP contribution < -0.4 is 10.5 Å². The number of nitrogens with zero attached hydrogens (tertiary/aromatic N) is 2. The average Bonchev–Trinajstić information content (AvgIpc) is 2.32. The molecule has 0 spiro atoms. The molecule has 0 aliphatic rings. The van der Waals surface area contributed by atoms with Gasteiger partial charge in [0.05, 0.1) is 5.56 Å². The molecule has 0 radical (unpaired) electrons. The number of halogens is 1. The van der Waals surface area contributed by atoms with E-state index in [0.29, 0.717) is 23.9 Å². The van der Waals surface area contributed by atoms with Gasteiger partial charge in [-0.2, -0.15) is 0 Å². The van der Waals surface area contributed by atoms with Crippen LogP contribution in [0, 0.1) is 5.82 Å². The fraction of sp³-hybridized carbons (Fsp3) is 0.167. The molecule has 88 valence electrons. The van der Waals surface area contributed by atoms with Crippen molar-refractivity contribution in [3.05, 3.63) is 42.0 Å². The summed E-state index contributed by atoms with van der Waals surface area (Å²) in [6, 6.07) is 5.72. The second-order valence-corrected chi connectivity index (χ2v) is 3.45. The summed E-state index contributed by atoms with van der Waals surface area (Å²) in [6.45, 7) is 1.94. The molecule has 2 aromatic rings. The number of ether oxygens (including phenoxy) is 1. The van der Waals surface area contributed by atoms with Crippen molar-refractivity contribution in [3.63, 3.8) is 0 Å². The first-order valence-electron chi connectivity index (χ1n) is 5.23. The summed E-state index contributed by atoms with van der Waals surface area (Å²) in [4.78, 5) is 7.91. The summed E-state index contributed by atoms with van der Waals surface area (Å²) in [5.41, 5.74) is 6.47. The molecular formula is C12H12FN3O. The van der Waals surface area contributed by atoms with Gasteiger partial charge in [-0.1, -0.05) is 6.92 Å². The van der Waals surface area contributed by atoms with E-state index in [9.17, 15) is 4.39 Å². The number of hydrogen-bond donors (Lipinski definition) is 1. The van der Waals surface area contributed by atoms with Crippen molar-refractivity contribution in [1.82, 2.24) is 9.97 Å². The Kier molecular flexibility index (Phi) is 3.18.